The number of anilines is 3. The number of hydrogen-bond donors (Lipinski definition) is 0. The molecule has 1 aromatic carbocycles. The first-order chi connectivity index (χ1) is 22.1. The Morgan fingerprint density at radius 2 is 1.85 bits per heavy atom. The molecule has 0 bridgehead atoms. The average Bonchev–Trinajstić information content (AvgIpc) is 3.33. The smallest absolute Gasteiger partial charge is 0.368 e. The van der Waals surface area contributed by atoms with Gasteiger partial charge in [-0.25, -0.2) is 4.98 Å². The van der Waals surface area contributed by atoms with Crippen molar-refractivity contribution < 1.29 is 27.6 Å². The van der Waals surface area contributed by atoms with Crippen molar-refractivity contribution >= 4 is 46.5 Å². The number of piperidine rings is 1. The topological polar surface area (TPSA) is 80.3 Å². The SMILES string of the molecule is C=C(CN(C)C)C(=O)N1CCC(CCCN2C[C@H]3CC(=O)N(c4cc(C(F)(F)F)cc(C)n4)[C@@H]3C(=O)N(C)c3cccc(Cl)c32)CC1. The summed E-state index contributed by atoms with van der Waals surface area (Å²) < 4.78 is 41.1. The second-order valence-electron chi connectivity index (χ2n) is 13.2. The van der Waals surface area contributed by atoms with E-state index in [4.69, 9.17) is 11.6 Å². The number of alkyl halides is 3. The molecular formula is C34H42ClF3N6O3. The van der Waals surface area contributed by atoms with Gasteiger partial charge in [0, 0.05) is 63.4 Å². The molecule has 47 heavy (non-hydrogen) atoms. The zero-order valence-electron chi connectivity index (χ0n) is 27.3. The highest BCUT2D eigenvalue weighted by Gasteiger charge is 2.49. The van der Waals surface area contributed by atoms with E-state index in [1.165, 1.54) is 11.8 Å². The summed E-state index contributed by atoms with van der Waals surface area (Å²) >= 11 is 6.76. The zero-order chi connectivity index (χ0) is 34.2. The van der Waals surface area contributed by atoms with Gasteiger partial charge in [0.05, 0.1) is 22.0 Å². The molecule has 4 heterocycles. The van der Waals surface area contributed by atoms with E-state index in [1.54, 1.807) is 25.2 Å². The number of likely N-dealkylation sites (tertiary alicyclic amines) is 1. The molecule has 2 saturated heterocycles. The third-order valence-corrected chi connectivity index (χ3v) is 9.68. The molecule has 2 aromatic rings. The summed E-state index contributed by atoms with van der Waals surface area (Å²) in [5.74, 6) is -1.08. The Hall–Kier alpha value is -3.64. The van der Waals surface area contributed by atoms with Gasteiger partial charge in [-0.3, -0.25) is 19.3 Å². The summed E-state index contributed by atoms with van der Waals surface area (Å²) in [5.41, 5.74) is 1.03. The molecule has 0 N–H and O–H groups in total. The number of aromatic nitrogens is 1. The van der Waals surface area contributed by atoms with Gasteiger partial charge in [-0.15, -0.1) is 0 Å². The van der Waals surface area contributed by atoms with Gasteiger partial charge in [-0.05, 0) is 76.9 Å². The predicted octanol–water partition coefficient (Wildman–Crippen LogP) is 5.40. The van der Waals surface area contributed by atoms with E-state index in [0.29, 0.717) is 60.6 Å². The van der Waals surface area contributed by atoms with Gasteiger partial charge in [-0.1, -0.05) is 24.2 Å². The fourth-order valence-corrected chi connectivity index (χ4v) is 7.42. The van der Waals surface area contributed by atoms with E-state index in [0.717, 1.165) is 42.7 Å². The largest absolute Gasteiger partial charge is 0.416 e. The third kappa shape index (κ3) is 7.43. The number of fused-ring (bicyclic) bond motifs is 2. The van der Waals surface area contributed by atoms with Crippen LogP contribution in [-0.4, -0.2) is 92.4 Å². The Balaban J connectivity index is 1.34. The van der Waals surface area contributed by atoms with Crippen molar-refractivity contribution in [2.24, 2.45) is 11.8 Å². The van der Waals surface area contributed by atoms with Crippen molar-refractivity contribution in [2.45, 2.75) is 51.2 Å². The molecule has 254 valence electrons. The molecule has 2 atom stereocenters. The summed E-state index contributed by atoms with van der Waals surface area (Å²) in [5, 5.41) is 0.474. The first-order valence-corrected chi connectivity index (χ1v) is 16.3. The van der Waals surface area contributed by atoms with Crippen LogP contribution in [0.4, 0.5) is 30.4 Å². The van der Waals surface area contributed by atoms with Crippen molar-refractivity contribution in [3.05, 3.63) is 58.8 Å². The lowest BCUT2D eigenvalue weighted by atomic mass is 9.91. The average molecular weight is 675 g/mol. The summed E-state index contributed by atoms with van der Waals surface area (Å²) in [4.78, 5) is 53.1. The van der Waals surface area contributed by atoms with Crippen LogP contribution in [0.1, 0.15) is 43.4 Å². The molecule has 0 unspecified atom stereocenters. The van der Waals surface area contributed by atoms with Crippen molar-refractivity contribution in [3.63, 3.8) is 0 Å². The Morgan fingerprint density at radius 1 is 1.15 bits per heavy atom. The van der Waals surface area contributed by atoms with Gasteiger partial charge in [-0.2, -0.15) is 13.2 Å². The van der Waals surface area contributed by atoms with Gasteiger partial charge >= 0.3 is 6.18 Å². The van der Waals surface area contributed by atoms with Crippen molar-refractivity contribution in [1.29, 1.82) is 0 Å². The lowest BCUT2D eigenvalue weighted by molar-refractivity contribution is -0.137. The molecule has 2 fully saturated rings. The minimum Gasteiger partial charge on any atom is -0.368 e. The monoisotopic (exact) mass is 674 g/mol. The van der Waals surface area contributed by atoms with Crippen molar-refractivity contribution in [1.82, 2.24) is 14.8 Å². The van der Waals surface area contributed by atoms with Crippen molar-refractivity contribution in [2.75, 3.05) is 68.6 Å². The third-order valence-electron chi connectivity index (χ3n) is 9.38. The second-order valence-corrected chi connectivity index (χ2v) is 13.6. The van der Waals surface area contributed by atoms with Gasteiger partial charge in [0.2, 0.25) is 17.7 Å². The number of benzene rings is 1. The van der Waals surface area contributed by atoms with Crippen LogP contribution < -0.4 is 14.7 Å². The van der Waals surface area contributed by atoms with Gasteiger partial charge < -0.3 is 19.6 Å². The van der Waals surface area contributed by atoms with E-state index in [2.05, 4.69) is 16.5 Å². The van der Waals surface area contributed by atoms with Crippen molar-refractivity contribution in [3.8, 4) is 0 Å². The summed E-state index contributed by atoms with van der Waals surface area (Å²) in [6.45, 7) is 8.23. The van der Waals surface area contributed by atoms with Crippen LogP contribution >= 0.6 is 11.6 Å². The number of likely N-dealkylation sites (N-methyl/N-ethyl adjacent to an activating group) is 2. The molecule has 0 saturated carbocycles. The lowest BCUT2D eigenvalue weighted by Crippen LogP contribution is -2.52. The molecule has 0 spiro atoms. The maximum atomic E-state index is 14.0. The number of rotatable bonds is 8. The van der Waals surface area contributed by atoms with E-state index in [-0.39, 0.29) is 23.8 Å². The van der Waals surface area contributed by atoms with Crippen LogP contribution in [-0.2, 0) is 20.6 Å². The normalized spacial score (nSPS) is 20.8. The number of halogens is 4. The van der Waals surface area contributed by atoms with E-state index in [9.17, 15) is 27.6 Å². The number of hydrogen-bond acceptors (Lipinski definition) is 6. The molecule has 1 aromatic heterocycles. The minimum atomic E-state index is -4.63. The van der Waals surface area contributed by atoms with Gasteiger partial charge in [0.25, 0.3) is 0 Å². The Morgan fingerprint density at radius 3 is 2.51 bits per heavy atom. The molecule has 5 rings (SSSR count). The highest BCUT2D eigenvalue weighted by Crippen LogP contribution is 2.43. The minimum absolute atomic E-state index is 0.00731. The molecule has 9 nitrogen and oxygen atoms in total. The van der Waals surface area contributed by atoms with Crippen LogP contribution in [0, 0.1) is 18.8 Å². The first kappa shape index (κ1) is 34.7. The molecule has 0 aliphatic carbocycles. The van der Waals surface area contributed by atoms with Crippen LogP contribution in [0.3, 0.4) is 0 Å². The second kappa shape index (κ2) is 13.8. The van der Waals surface area contributed by atoms with Crippen LogP contribution in [0.5, 0.6) is 0 Å². The Labute approximate surface area is 278 Å². The maximum absolute atomic E-state index is 14.0. The molecule has 3 aliphatic heterocycles. The van der Waals surface area contributed by atoms with Gasteiger partial charge in [0.1, 0.15) is 11.9 Å². The predicted molar refractivity (Wildman–Crippen MR) is 177 cm³/mol. The maximum Gasteiger partial charge on any atom is 0.416 e. The number of carbonyl (C=O) groups is 3. The number of nitrogens with zero attached hydrogens (tertiary/aromatic N) is 6. The number of amides is 3. The van der Waals surface area contributed by atoms with E-state index >= 15 is 0 Å². The number of para-hydroxylation sites is 1. The lowest BCUT2D eigenvalue weighted by Gasteiger charge is -2.39. The molecular weight excluding hydrogens is 633 g/mol. The van der Waals surface area contributed by atoms with Gasteiger partial charge in [0.15, 0.2) is 0 Å². The summed E-state index contributed by atoms with van der Waals surface area (Å²) in [6.07, 6.45) is -1.11. The van der Waals surface area contributed by atoms with E-state index < -0.39 is 35.5 Å². The first-order valence-electron chi connectivity index (χ1n) is 16.0. The summed E-state index contributed by atoms with van der Waals surface area (Å²) in [7, 11) is 5.42. The number of aryl methyl sites for hydroxylation is 1. The molecule has 3 amide bonds. The zero-order valence-corrected chi connectivity index (χ0v) is 28.1. The quantitative estimate of drug-likeness (QED) is 0.349. The number of pyridine rings is 1. The molecule has 3 aliphatic rings. The Kier molecular flexibility index (Phi) is 10.2. The van der Waals surface area contributed by atoms with Crippen LogP contribution in [0.2, 0.25) is 5.02 Å². The highest BCUT2D eigenvalue weighted by molar-refractivity contribution is 6.34. The van der Waals surface area contributed by atoms with Crippen LogP contribution in [0.25, 0.3) is 0 Å². The summed E-state index contributed by atoms with van der Waals surface area (Å²) in [6, 6.07) is 6.05. The Bertz CT molecular complexity index is 1540. The standard InChI is InChI=1S/C34H42ClF3N6O3/c1-21(19-40(3)4)32(46)42-14-11-23(12-15-42)8-7-13-43-20-24-17-29(45)44(28-18-25(34(36,37)38)16-22(2)39-28)30(24)33(47)41(5)27-10-6-9-26(35)31(27)43/h6,9-10,16,18,23-24,30H,1,7-8,11-15,17,19-20H2,2-5H3/t24-,30+/m1/s1. The van der Waals surface area contributed by atoms with E-state index in [1.807, 2.05) is 23.9 Å². The fourth-order valence-electron chi connectivity index (χ4n) is 7.14. The molecule has 13 heteroatoms. The fraction of sp³-hybridized carbons (Fsp3) is 0.529. The number of carbonyl (C=O) groups excluding carboxylic acids is 3. The molecule has 0 radical (unpaired) electrons. The van der Waals surface area contributed by atoms with Crippen LogP contribution in [0.15, 0.2) is 42.5 Å². The highest BCUT2D eigenvalue weighted by atomic mass is 35.5.